The van der Waals surface area contributed by atoms with E-state index >= 15 is 0 Å². The summed E-state index contributed by atoms with van der Waals surface area (Å²) in [4.78, 5) is 4.38. The van der Waals surface area contributed by atoms with Crippen molar-refractivity contribution in [3.8, 4) is 0 Å². The Balaban J connectivity index is 0.000000194. The maximum absolute atomic E-state index is 6.12. The van der Waals surface area contributed by atoms with Crippen molar-refractivity contribution in [3.63, 3.8) is 0 Å². The number of benzene rings is 5. The molecule has 40 heavy (non-hydrogen) atoms. The maximum Gasteiger partial charge on any atom is 0.0965 e. The highest BCUT2D eigenvalue weighted by molar-refractivity contribution is 6.57. The monoisotopic (exact) mass is 532 g/mol. The zero-order chi connectivity index (χ0) is 27.6. The molecule has 5 aromatic carbocycles. The van der Waals surface area contributed by atoms with Crippen molar-refractivity contribution >= 4 is 22.6 Å². The van der Waals surface area contributed by atoms with E-state index in [0.717, 1.165) is 11.1 Å². The fraction of sp³-hybridized carbons (Fsp3) is 0.0833. The Morgan fingerprint density at radius 3 is 1.60 bits per heavy atom. The summed E-state index contributed by atoms with van der Waals surface area (Å²) in [6.07, 6.45) is 5.94. The Bertz CT molecular complexity index is 1490. The van der Waals surface area contributed by atoms with E-state index in [2.05, 4.69) is 132 Å². The molecule has 2 radical (unpaired) electrons. The molecule has 0 aliphatic rings. The normalized spacial score (nSPS) is 11.3. The molecule has 0 unspecified atom stereocenters. The minimum Gasteiger partial charge on any atom is -0.326 e. The Morgan fingerprint density at radius 2 is 1.15 bits per heavy atom. The van der Waals surface area contributed by atoms with E-state index < -0.39 is 9.52 Å². The largest absolute Gasteiger partial charge is 0.326 e. The minimum atomic E-state index is -0.768. The van der Waals surface area contributed by atoms with Gasteiger partial charge in [-0.05, 0) is 35.0 Å². The molecule has 0 fully saturated rings. The van der Waals surface area contributed by atoms with Crippen LogP contribution in [-0.4, -0.2) is 26.9 Å². The third kappa shape index (κ3) is 6.24. The zero-order valence-corrected chi connectivity index (χ0v) is 24.3. The molecule has 2 nitrogen and oxygen atoms in total. The number of nitrogens with zero attached hydrogens (tertiary/aromatic N) is 2. The van der Waals surface area contributed by atoms with Crippen LogP contribution < -0.4 is 5.19 Å². The molecule has 0 aliphatic heterocycles. The van der Waals surface area contributed by atoms with Crippen LogP contribution in [-0.2, 0) is 5.16 Å². The fourth-order valence-corrected chi connectivity index (χ4v) is 7.82. The Morgan fingerprint density at radius 1 is 0.650 bits per heavy atom. The molecule has 0 spiro atoms. The first-order chi connectivity index (χ1) is 19.7. The number of imidazole rings is 1. The molecule has 0 N–H and O–H groups in total. The van der Waals surface area contributed by atoms with Gasteiger partial charge in [0.25, 0.3) is 0 Å². The highest BCUT2D eigenvalue weighted by atomic mass is 28.2. The predicted octanol–water partition coefficient (Wildman–Crippen LogP) is 6.38. The molecule has 0 saturated carbocycles. The van der Waals surface area contributed by atoms with E-state index in [1.807, 2.05) is 48.9 Å². The van der Waals surface area contributed by atoms with Gasteiger partial charge in [-0.25, -0.2) is 4.98 Å². The molecule has 0 bridgehead atoms. The van der Waals surface area contributed by atoms with Crippen LogP contribution in [0.1, 0.15) is 33.6 Å². The van der Waals surface area contributed by atoms with Crippen LogP contribution >= 0.6 is 0 Å². The quantitative estimate of drug-likeness (QED) is 0.218. The molecular formula is C36H33BN2Si. The maximum atomic E-state index is 6.12. The first-order valence-electron chi connectivity index (χ1n) is 13.7. The molecule has 1 aromatic heterocycles. The highest BCUT2D eigenvalue weighted by Crippen LogP contribution is 2.33. The van der Waals surface area contributed by atoms with Gasteiger partial charge >= 0.3 is 0 Å². The summed E-state index contributed by atoms with van der Waals surface area (Å²) < 4.78 is 2.30. The van der Waals surface area contributed by atoms with Gasteiger partial charge in [0.05, 0.1) is 28.9 Å². The van der Waals surface area contributed by atoms with Crippen molar-refractivity contribution in [3.05, 3.63) is 192 Å². The smallest absolute Gasteiger partial charge is 0.0965 e. The fourth-order valence-electron chi connectivity index (χ4n) is 5.30. The molecular weight excluding hydrogens is 499 g/mol. The molecule has 1 heterocycles. The molecule has 0 amide bonds. The topological polar surface area (TPSA) is 17.8 Å². The SMILES string of the molecule is Cc1cccc([SiH2]C(c2ccccc2)(c2ccccc2)n2ccnc2)c1.[B]C(c1ccccc1)c1ccccc1. The summed E-state index contributed by atoms with van der Waals surface area (Å²) in [6, 6.07) is 50.9. The molecule has 6 aromatic rings. The molecule has 0 aliphatic carbocycles. The second-order valence-electron chi connectivity index (χ2n) is 10.0. The lowest BCUT2D eigenvalue weighted by atomic mass is 9.76. The standard InChI is InChI=1S/C23H22N2Si.C13H11B/c1-19-9-8-14-22(17-19)26-23(25-16-15-24-18-25,20-10-4-2-5-11-20)21-12-6-3-7-13-21;14-13(11-7-3-1-4-8-11)12-9-5-2-6-10-12/h2-18H,26H2,1H3;1-10,13H. The lowest BCUT2D eigenvalue weighted by Crippen LogP contribution is -2.46. The molecule has 4 heteroatoms. The summed E-state index contributed by atoms with van der Waals surface area (Å²) in [5.74, 6) is -0.0163. The van der Waals surface area contributed by atoms with Gasteiger partial charge in [0.1, 0.15) is 0 Å². The Labute approximate surface area is 241 Å². The molecule has 194 valence electrons. The van der Waals surface area contributed by atoms with Crippen LogP contribution in [0.4, 0.5) is 0 Å². The van der Waals surface area contributed by atoms with E-state index in [4.69, 9.17) is 7.85 Å². The van der Waals surface area contributed by atoms with Crippen molar-refractivity contribution in [1.29, 1.82) is 0 Å². The van der Waals surface area contributed by atoms with Gasteiger partial charge in [0, 0.05) is 12.4 Å². The average Bonchev–Trinajstić information content (AvgIpc) is 3.57. The average molecular weight is 533 g/mol. The van der Waals surface area contributed by atoms with Crippen LogP contribution in [0, 0.1) is 6.92 Å². The molecule has 0 atom stereocenters. The lowest BCUT2D eigenvalue weighted by Gasteiger charge is -2.37. The second kappa shape index (κ2) is 13.1. The number of hydrogen-bond donors (Lipinski definition) is 0. The highest BCUT2D eigenvalue weighted by Gasteiger charge is 2.36. The van der Waals surface area contributed by atoms with Gasteiger partial charge in [-0.15, -0.1) is 0 Å². The van der Waals surface area contributed by atoms with Crippen LogP contribution in [0.5, 0.6) is 0 Å². The van der Waals surface area contributed by atoms with E-state index in [1.54, 1.807) is 0 Å². The van der Waals surface area contributed by atoms with E-state index in [1.165, 1.54) is 21.9 Å². The van der Waals surface area contributed by atoms with Crippen molar-refractivity contribution < 1.29 is 0 Å². The molecule has 6 rings (SSSR count). The summed E-state index contributed by atoms with van der Waals surface area (Å²) >= 11 is 0. The summed E-state index contributed by atoms with van der Waals surface area (Å²) in [7, 11) is 5.35. The first-order valence-corrected chi connectivity index (χ1v) is 15.1. The number of aromatic nitrogens is 2. The number of rotatable bonds is 7. The Hall–Kier alpha value is -4.41. The summed E-state index contributed by atoms with van der Waals surface area (Å²) in [5, 5.41) is 1.25. The van der Waals surface area contributed by atoms with E-state index in [9.17, 15) is 0 Å². The van der Waals surface area contributed by atoms with Gasteiger partial charge < -0.3 is 4.57 Å². The van der Waals surface area contributed by atoms with Gasteiger partial charge in [0.15, 0.2) is 0 Å². The predicted molar refractivity (Wildman–Crippen MR) is 171 cm³/mol. The van der Waals surface area contributed by atoms with Crippen molar-refractivity contribution in [2.45, 2.75) is 17.9 Å². The van der Waals surface area contributed by atoms with Gasteiger partial charge in [-0.2, -0.15) is 0 Å². The number of aryl methyl sites for hydroxylation is 1. The van der Waals surface area contributed by atoms with Crippen molar-refractivity contribution in [1.82, 2.24) is 9.55 Å². The van der Waals surface area contributed by atoms with E-state index in [0.29, 0.717) is 0 Å². The van der Waals surface area contributed by atoms with E-state index in [-0.39, 0.29) is 11.0 Å². The van der Waals surface area contributed by atoms with Crippen LogP contribution in [0.15, 0.2) is 164 Å². The lowest BCUT2D eigenvalue weighted by molar-refractivity contribution is 0.596. The van der Waals surface area contributed by atoms with Crippen molar-refractivity contribution in [2.24, 2.45) is 0 Å². The number of hydrogen-bond acceptors (Lipinski definition) is 1. The van der Waals surface area contributed by atoms with Gasteiger partial charge in [0.2, 0.25) is 0 Å². The molecule has 0 saturated heterocycles. The Kier molecular flexibility index (Phi) is 8.90. The summed E-state index contributed by atoms with van der Waals surface area (Å²) in [6.45, 7) is 2.17. The van der Waals surface area contributed by atoms with Crippen LogP contribution in [0.3, 0.4) is 0 Å². The third-order valence-electron chi connectivity index (χ3n) is 7.31. The zero-order valence-electron chi connectivity index (χ0n) is 22.8. The van der Waals surface area contributed by atoms with Crippen molar-refractivity contribution in [2.75, 3.05) is 0 Å². The van der Waals surface area contributed by atoms with Gasteiger partial charge in [-0.3, -0.25) is 0 Å². The first kappa shape index (κ1) is 27.2. The van der Waals surface area contributed by atoms with Crippen LogP contribution in [0.25, 0.3) is 0 Å². The second-order valence-corrected chi connectivity index (χ2v) is 12.2. The van der Waals surface area contributed by atoms with Gasteiger partial charge in [-0.1, -0.05) is 156 Å². The third-order valence-corrected chi connectivity index (χ3v) is 9.85. The minimum absolute atomic E-state index is 0.0163. The van der Waals surface area contributed by atoms with Crippen LogP contribution in [0.2, 0.25) is 0 Å². The summed E-state index contributed by atoms with van der Waals surface area (Å²) in [5.41, 5.74) is 6.25.